The largest absolute Gasteiger partial charge is 0.326 e. The summed E-state index contributed by atoms with van der Waals surface area (Å²) < 4.78 is 15.0. The van der Waals surface area contributed by atoms with Crippen LogP contribution in [0.1, 0.15) is 6.42 Å². The fourth-order valence-corrected chi connectivity index (χ4v) is 2.63. The fraction of sp³-hybridized carbons (Fsp3) is 0.118. The van der Waals surface area contributed by atoms with E-state index in [4.69, 9.17) is 0 Å². The molecule has 1 N–H and O–H groups in total. The minimum Gasteiger partial charge on any atom is -0.326 e. The van der Waals surface area contributed by atoms with E-state index in [2.05, 4.69) is 26.2 Å². The van der Waals surface area contributed by atoms with Crippen LogP contribution in [0.25, 0.3) is 10.9 Å². The van der Waals surface area contributed by atoms with Crippen LogP contribution in [0.2, 0.25) is 0 Å². The van der Waals surface area contributed by atoms with Crippen LogP contribution in [0.3, 0.4) is 0 Å². The quantitative estimate of drug-likeness (QED) is 0.744. The lowest BCUT2D eigenvalue weighted by Gasteiger charge is -2.08. The molecular formula is C17H13BrFN3O2. The predicted molar refractivity (Wildman–Crippen MR) is 93.3 cm³/mol. The lowest BCUT2D eigenvalue weighted by Crippen LogP contribution is -2.23. The van der Waals surface area contributed by atoms with Gasteiger partial charge >= 0.3 is 0 Å². The Kier molecular flexibility index (Phi) is 4.71. The van der Waals surface area contributed by atoms with Crippen molar-refractivity contribution in [3.63, 3.8) is 0 Å². The normalized spacial score (nSPS) is 10.8. The summed E-state index contributed by atoms with van der Waals surface area (Å²) in [7, 11) is 0. The van der Waals surface area contributed by atoms with Gasteiger partial charge in [0.15, 0.2) is 0 Å². The standard InChI is InChI=1S/C17H13BrFN3O2/c18-11-1-6-15-14(9-11)17(24)22(10-20-15)8-7-16(23)21-13-4-2-12(19)3-5-13/h1-6,9-10H,7-8H2,(H,21,23). The maximum absolute atomic E-state index is 12.8. The molecule has 7 heteroatoms. The third-order valence-electron chi connectivity index (χ3n) is 3.49. The molecule has 0 aliphatic rings. The molecule has 0 unspecified atom stereocenters. The van der Waals surface area contributed by atoms with Gasteiger partial charge in [-0.3, -0.25) is 14.2 Å². The first-order valence-corrected chi connectivity index (χ1v) is 8.02. The third kappa shape index (κ3) is 3.68. The van der Waals surface area contributed by atoms with Crippen LogP contribution >= 0.6 is 15.9 Å². The number of hydrogen-bond acceptors (Lipinski definition) is 3. The maximum Gasteiger partial charge on any atom is 0.261 e. The number of aromatic nitrogens is 2. The van der Waals surface area contributed by atoms with Crippen molar-refractivity contribution in [3.8, 4) is 0 Å². The number of benzene rings is 2. The lowest BCUT2D eigenvalue weighted by molar-refractivity contribution is -0.116. The molecular weight excluding hydrogens is 377 g/mol. The predicted octanol–water partition coefficient (Wildman–Crippen LogP) is 3.33. The summed E-state index contributed by atoms with van der Waals surface area (Å²) in [6, 6.07) is 10.8. The van der Waals surface area contributed by atoms with Gasteiger partial charge in [0.2, 0.25) is 5.91 Å². The first-order chi connectivity index (χ1) is 11.5. The Labute approximate surface area is 145 Å². The van der Waals surface area contributed by atoms with Crippen molar-refractivity contribution in [2.45, 2.75) is 13.0 Å². The number of nitrogens with one attached hydrogen (secondary N) is 1. The number of carbonyl (C=O) groups is 1. The van der Waals surface area contributed by atoms with Gasteiger partial charge in [0.25, 0.3) is 5.56 Å². The Morgan fingerprint density at radius 1 is 1.21 bits per heavy atom. The minimum atomic E-state index is -0.368. The van der Waals surface area contributed by atoms with E-state index in [0.29, 0.717) is 16.6 Å². The average Bonchev–Trinajstić information content (AvgIpc) is 2.57. The number of rotatable bonds is 4. The summed E-state index contributed by atoms with van der Waals surface area (Å²) in [5.41, 5.74) is 0.917. The first kappa shape index (κ1) is 16.3. The Morgan fingerprint density at radius 2 is 1.96 bits per heavy atom. The van der Waals surface area contributed by atoms with Crippen molar-refractivity contribution in [3.05, 3.63) is 69.4 Å². The van der Waals surface area contributed by atoms with Crippen LogP contribution in [0.4, 0.5) is 10.1 Å². The average molecular weight is 390 g/mol. The SMILES string of the molecule is O=C(CCn1cnc2ccc(Br)cc2c1=O)Nc1ccc(F)cc1. The van der Waals surface area contributed by atoms with Gasteiger partial charge in [-0.05, 0) is 42.5 Å². The van der Waals surface area contributed by atoms with E-state index >= 15 is 0 Å². The van der Waals surface area contributed by atoms with Crippen molar-refractivity contribution in [1.82, 2.24) is 9.55 Å². The monoisotopic (exact) mass is 389 g/mol. The number of aryl methyl sites for hydroxylation is 1. The molecule has 24 heavy (non-hydrogen) atoms. The van der Waals surface area contributed by atoms with Crippen LogP contribution in [-0.2, 0) is 11.3 Å². The number of nitrogens with zero attached hydrogens (tertiary/aromatic N) is 2. The Bertz CT molecular complexity index is 954. The summed E-state index contributed by atoms with van der Waals surface area (Å²) in [6.45, 7) is 0.210. The lowest BCUT2D eigenvalue weighted by atomic mass is 10.2. The van der Waals surface area contributed by atoms with Crippen LogP contribution in [0.5, 0.6) is 0 Å². The third-order valence-corrected chi connectivity index (χ3v) is 3.99. The molecule has 1 heterocycles. The summed E-state index contributed by atoms with van der Waals surface area (Å²) in [4.78, 5) is 28.6. The second kappa shape index (κ2) is 6.92. The molecule has 0 saturated heterocycles. The molecule has 0 aliphatic carbocycles. The van der Waals surface area contributed by atoms with Crippen molar-refractivity contribution in [2.24, 2.45) is 0 Å². The molecule has 0 fully saturated rings. The molecule has 5 nitrogen and oxygen atoms in total. The highest BCUT2D eigenvalue weighted by Gasteiger charge is 2.07. The van der Waals surface area contributed by atoms with Crippen molar-refractivity contribution >= 4 is 38.4 Å². The topological polar surface area (TPSA) is 64.0 Å². The van der Waals surface area contributed by atoms with Crippen LogP contribution in [0.15, 0.2) is 58.1 Å². The van der Waals surface area contributed by atoms with Gasteiger partial charge in [-0.2, -0.15) is 0 Å². The van der Waals surface area contributed by atoms with E-state index in [9.17, 15) is 14.0 Å². The molecule has 122 valence electrons. The second-order valence-corrected chi connectivity index (χ2v) is 6.13. The second-order valence-electron chi connectivity index (χ2n) is 5.21. The van der Waals surface area contributed by atoms with E-state index in [1.807, 2.05) is 6.07 Å². The first-order valence-electron chi connectivity index (χ1n) is 7.23. The molecule has 3 aromatic rings. The molecule has 0 saturated carbocycles. The fourth-order valence-electron chi connectivity index (χ4n) is 2.27. The molecule has 2 aromatic carbocycles. The number of hydrogen-bond donors (Lipinski definition) is 1. The van der Waals surface area contributed by atoms with Crippen LogP contribution in [0, 0.1) is 5.82 Å². The van der Waals surface area contributed by atoms with Gasteiger partial charge in [0.1, 0.15) is 5.82 Å². The summed E-state index contributed by atoms with van der Waals surface area (Å²) >= 11 is 3.33. The summed E-state index contributed by atoms with van der Waals surface area (Å²) in [6.07, 6.45) is 1.54. The highest BCUT2D eigenvalue weighted by Crippen LogP contribution is 2.15. The van der Waals surface area contributed by atoms with Gasteiger partial charge in [-0.15, -0.1) is 0 Å². The highest BCUT2D eigenvalue weighted by atomic mass is 79.9. The number of carbonyl (C=O) groups excluding carboxylic acids is 1. The number of halogens is 2. The van der Waals surface area contributed by atoms with E-state index < -0.39 is 0 Å². The zero-order valence-corrected chi connectivity index (χ0v) is 14.1. The highest BCUT2D eigenvalue weighted by molar-refractivity contribution is 9.10. The zero-order chi connectivity index (χ0) is 17.1. The molecule has 1 aromatic heterocycles. The van der Waals surface area contributed by atoms with Gasteiger partial charge in [-0.25, -0.2) is 9.37 Å². The van der Waals surface area contributed by atoms with Crippen molar-refractivity contribution < 1.29 is 9.18 Å². The Morgan fingerprint density at radius 3 is 2.71 bits per heavy atom. The van der Waals surface area contributed by atoms with Gasteiger partial charge in [-0.1, -0.05) is 15.9 Å². The molecule has 0 spiro atoms. The van der Waals surface area contributed by atoms with E-state index in [0.717, 1.165) is 4.47 Å². The number of amides is 1. The van der Waals surface area contributed by atoms with Gasteiger partial charge in [0, 0.05) is 23.1 Å². The van der Waals surface area contributed by atoms with Crippen molar-refractivity contribution in [1.29, 1.82) is 0 Å². The summed E-state index contributed by atoms with van der Waals surface area (Å²) in [5.74, 6) is -0.629. The van der Waals surface area contributed by atoms with E-state index in [1.165, 1.54) is 35.2 Å². The molecule has 3 rings (SSSR count). The van der Waals surface area contributed by atoms with E-state index in [-0.39, 0.29) is 30.2 Å². The van der Waals surface area contributed by atoms with Crippen LogP contribution < -0.4 is 10.9 Å². The molecule has 1 amide bonds. The smallest absolute Gasteiger partial charge is 0.261 e. The van der Waals surface area contributed by atoms with E-state index in [1.54, 1.807) is 12.1 Å². The zero-order valence-electron chi connectivity index (χ0n) is 12.5. The van der Waals surface area contributed by atoms with Gasteiger partial charge < -0.3 is 5.32 Å². The number of anilines is 1. The summed E-state index contributed by atoms with van der Waals surface area (Å²) in [5, 5.41) is 3.15. The maximum atomic E-state index is 12.8. The minimum absolute atomic E-state index is 0.110. The van der Waals surface area contributed by atoms with Gasteiger partial charge in [0.05, 0.1) is 17.2 Å². The molecule has 0 bridgehead atoms. The Hall–Kier alpha value is -2.54. The molecule has 0 aliphatic heterocycles. The molecule has 0 atom stereocenters. The number of fused-ring (bicyclic) bond motifs is 1. The Balaban J connectivity index is 1.71. The molecule has 0 radical (unpaired) electrons. The van der Waals surface area contributed by atoms with Crippen molar-refractivity contribution in [2.75, 3.05) is 5.32 Å². The van der Waals surface area contributed by atoms with Crippen LogP contribution in [-0.4, -0.2) is 15.5 Å².